The number of hydrogen-bond acceptors (Lipinski definition) is 3. The van der Waals surface area contributed by atoms with Crippen LogP contribution < -0.4 is 10.6 Å². The number of aromatic nitrogens is 2. The smallest absolute Gasteiger partial charge is 0.191 e. The molecule has 1 aliphatic heterocycles. The van der Waals surface area contributed by atoms with E-state index in [0.717, 1.165) is 60.6 Å². The third-order valence-corrected chi connectivity index (χ3v) is 5.29. The summed E-state index contributed by atoms with van der Waals surface area (Å²) in [4.78, 5) is 7.34. The minimum atomic E-state index is 0.480. The molecule has 6 nitrogen and oxygen atoms in total. The van der Waals surface area contributed by atoms with Gasteiger partial charge >= 0.3 is 0 Å². The van der Waals surface area contributed by atoms with Crippen LogP contribution in [0, 0.1) is 5.92 Å². The van der Waals surface area contributed by atoms with Crippen LogP contribution in [0.15, 0.2) is 41.7 Å². The predicted molar refractivity (Wildman–Crippen MR) is 121 cm³/mol. The molecular formula is C22H33ClN6. The molecule has 1 aromatic carbocycles. The first-order chi connectivity index (χ1) is 14.0. The first-order valence-corrected chi connectivity index (χ1v) is 11.0. The summed E-state index contributed by atoms with van der Waals surface area (Å²) < 4.78 is 1.85. The molecule has 0 aliphatic carbocycles. The third-order valence-electron chi connectivity index (χ3n) is 5.04. The van der Waals surface area contributed by atoms with E-state index in [9.17, 15) is 0 Å². The van der Waals surface area contributed by atoms with Crippen molar-refractivity contribution in [1.82, 2.24) is 25.3 Å². The minimum absolute atomic E-state index is 0.480. The molecule has 0 bridgehead atoms. The average molecular weight is 417 g/mol. The molecular weight excluding hydrogens is 384 g/mol. The maximum atomic E-state index is 5.96. The second-order valence-corrected chi connectivity index (χ2v) is 8.51. The Morgan fingerprint density at radius 3 is 2.62 bits per heavy atom. The predicted octanol–water partition coefficient (Wildman–Crippen LogP) is 3.70. The quantitative estimate of drug-likeness (QED) is 0.533. The van der Waals surface area contributed by atoms with Crippen LogP contribution in [0.1, 0.15) is 39.2 Å². The van der Waals surface area contributed by atoms with Crippen LogP contribution in [0.2, 0.25) is 5.02 Å². The molecule has 3 rings (SSSR count). The molecule has 0 unspecified atom stereocenters. The van der Waals surface area contributed by atoms with Crippen LogP contribution in [0.25, 0.3) is 5.69 Å². The summed E-state index contributed by atoms with van der Waals surface area (Å²) in [6.07, 6.45) is 6.20. The number of hydrogen-bond donors (Lipinski definition) is 2. The number of halogens is 1. The van der Waals surface area contributed by atoms with Crippen molar-refractivity contribution in [3.8, 4) is 5.69 Å². The van der Waals surface area contributed by atoms with E-state index in [1.807, 2.05) is 41.3 Å². The van der Waals surface area contributed by atoms with E-state index < -0.39 is 0 Å². The first-order valence-electron chi connectivity index (χ1n) is 10.6. The van der Waals surface area contributed by atoms with Crippen molar-refractivity contribution in [2.75, 3.05) is 26.2 Å². The van der Waals surface area contributed by atoms with E-state index in [1.165, 1.54) is 6.54 Å². The van der Waals surface area contributed by atoms with Gasteiger partial charge in [-0.3, -0.25) is 0 Å². The van der Waals surface area contributed by atoms with E-state index in [0.29, 0.717) is 12.6 Å². The Bertz CT molecular complexity index is 775. The van der Waals surface area contributed by atoms with Gasteiger partial charge in [-0.15, -0.1) is 0 Å². The van der Waals surface area contributed by atoms with Crippen LogP contribution >= 0.6 is 11.6 Å². The van der Waals surface area contributed by atoms with Crippen molar-refractivity contribution in [3.63, 3.8) is 0 Å². The zero-order valence-electron chi connectivity index (χ0n) is 17.7. The highest BCUT2D eigenvalue weighted by Crippen LogP contribution is 2.14. The topological polar surface area (TPSA) is 57.5 Å². The summed E-state index contributed by atoms with van der Waals surface area (Å²) in [6, 6.07) is 8.14. The molecule has 0 amide bonds. The number of aliphatic imine (C=N–C) groups is 1. The molecule has 7 heteroatoms. The lowest BCUT2D eigenvalue weighted by molar-refractivity contribution is 0.187. The van der Waals surface area contributed by atoms with Gasteiger partial charge in [0.1, 0.15) is 0 Å². The third kappa shape index (κ3) is 6.75. The Labute approximate surface area is 179 Å². The van der Waals surface area contributed by atoms with Gasteiger partial charge < -0.3 is 15.5 Å². The molecule has 1 saturated heterocycles. The molecule has 2 heterocycles. The number of benzene rings is 1. The number of nitrogens with one attached hydrogen (secondary N) is 2. The van der Waals surface area contributed by atoms with E-state index >= 15 is 0 Å². The fourth-order valence-corrected chi connectivity index (χ4v) is 3.76. The molecule has 0 saturated carbocycles. The van der Waals surface area contributed by atoms with Crippen LogP contribution in [0.5, 0.6) is 0 Å². The normalized spacial score (nSPS) is 16.4. The Morgan fingerprint density at radius 1 is 1.24 bits per heavy atom. The van der Waals surface area contributed by atoms with E-state index in [-0.39, 0.29) is 0 Å². The van der Waals surface area contributed by atoms with Crippen LogP contribution in [0.4, 0.5) is 0 Å². The van der Waals surface area contributed by atoms with Gasteiger partial charge in [0, 0.05) is 49.0 Å². The van der Waals surface area contributed by atoms with Crippen molar-refractivity contribution in [2.45, 2.75) is 46.2 Å². The second kappa shape index (κ2) is 10.6. The fourth-order valence-electron chi connectivity index (χ4n) is 3.64. The molecule has 1 fully saturated rings. The van der Waals surface area contributed by atoms with Crippen LogP contribution in [-0.4, -0.2) is 52.9 Å². The van der Waals surface area contributed by atoms with E-state index in [2.05, 4.69) is 41.4 Å². The van der Waals surface area contributed by atoms with Gasteiger partial charge in [0.2, 0.25) is 0 Å². The molecule has 0 atom stereocenters. The van der Waals surface area contributed by atoms with Gasteiger partial charge in [-0.2, -0.15) is 5.10 Å². The van der Waals surface area contributed by atoms with Gasteiger partial charge in [-0.05, 0) is 49.9 Å². The lowest BCUT2D eigenvalue weighted by Crippen LogP contribution is -2.49. The fraction of sp³-hybridized carbons (Fsp3) is 0.545. The summed E-state index contributed by atoms with van der Waals surface area (Å²) in [5.41, 5.74) is 2.06. The largest absolute Gasteiger partial charge is 0.357 e. The van der Waals surface area contributed by atoms with Crippen molar-refractivity contribution in [1.29, 1.82) is 0 Å². The van der Waals surface area contributed by atoms with Gasteiger partial charge in [-0.25, -0.2) is 9.67 Å². The summed E-state index contributed by atoms with van der Waals surface area (Å²) in [5.74, 6) is 1.61. The van der Waals surface area contributed by atoms with Crippen molar-refractivity contribution < 1.29 is 0 Å². The Kier molecular flexibility index (Phi) is 7.95. The number of piperidine rings is 1. The maximum absolute atomic E-state index is 5.96. The molecule has 158 valence electrons. The molecule has 2 N–H and O–H groups in total. The SMILES string of the molecule is CCNC(=NCc1cnn(-c2ccc(Cl)cc2)c1)NC1CCN(CC(C)C)CC1. The zero-order valence-corrected chi connectivity index (χ0v) is 18.5. The maximum Gasteiger partial charge on any atom is 0.191 e. The van der Waals surface area contributed by atoms with Gasteiger partial charge in [0.05, 0.1) is 18.4 Å². The lowest BCUT2D eigenvalue weighted by Gasteiger charge is -2.34. The Morgan fingerprint density at radius 2 is 1.97 bits per heavy atom. The Hall–Kier alpha value is -2.05. The highest BCUT2D eigenvalue weighted by Gasteiger charge is 2.20. The molecule has 29 heavy (non-hydrogen) atoms. The molecule has 0 radical (unpaired) electrons. The standard InChI is InChI=1S/C22H33ClN6/c1-4-24-22(27-20-9-11-28(12-10-20)15-17(2)3)25-13-18-14-26-29(16-18)21-7-5-19(23)6-8-21/h5-8,14,16-17,20H,4,9-13,15H2,1-3H3,(H2,24,25,27). The van der Waals surface area contributed by atoms with Crippen LogP contribution in [-0.2, 0) is 6.54 Å². The van der Waals surface area contributed by atoms with Crippen molar-refractivity contribution >= 4 is 17.6 Å². The molecule has 1 aromatic heterocycles. The minimum Gasteiger partial charge on any atom is -0.357 e. The zero-order chi connectivity index (χ0) is 20.6. The number of rotatable bonds is 7. The van der Waals surface area contributed by atoms with Crippen LogP contribution in [0.3, 0.4) is 0 Å². The summed E-state index contributed by atoms with van der Waals surface area (Å²) in [5, 5.41) is 12.2. The second-order valence-electron chi connectivity index (χ2n) is 8.08. The van der Waals surface area contributed by atoms with Crippen molar-refractivity contribution in [2.24, 2.45) is 10.9 Å². The Balaban J connectivity index is 1.55. The van der Waals surface area contributed by atoms with E-state index in [4.69, 9.17) is 16.6 Å². The summed E-state index contributed by atoms with van der Waals surface area (Å²) >= 11 is 5.96. The molecule has 0 spiro atoms. The average Bonchev–Trinajstić information content (AvgIpc) is 3.17. The summed E-state index contributed by atoms with van der Waals surface area (Å²) in [7, 11) is 0. The summed E-state index contributed by atoms with van der Waals surface area (Å²) in [6.45, 7) is 11.6. The molecule has 2 aromatic rings. The number of guanidine groups is 1. The van der Waals surface area contributed by atoms with E-state index in [1.54, 1.807) is 0 Å². The number of nitrogens with zero attached hydrogens (tertiary/aromatic N) is 4. The van der Waals surface area contributed by atoms with Crippen molar-refractivity contribution in [3.05, 3.63) is 47.2 Å². The lowest BCUT2D eigenvalue weighted by atomic mass is 10.0. The highest BCUT2D eigenvalue weighted by atomic mass is 35.5. The van der Waals surface area contributed by atoms with Gasteiger partial charge in [-0.1, -0.05) is 25.4 Å². The highest BCUT2D eigenvalue weighted by molar-refractivity contribution is 6.30. The monoisotopic (exact) mass is 416 g/mol. The molecule has 1 aliphatic rings. The number of likely N-dealkylation sites (tertiary alicyclic amines) is 1. The first kappa shape index (κ1) is 21.7. The van der Waals surface area contributed by atoms with Gasteiger partial charge in [0.25, 0.3) is 0 Å². The van der Waals surface area contributed by atoms with Gasteiger partial charge in [0.15, 0.2) is 5.96 Å².